The van der Waals surface area contributed by atoms with Crippen LogP contribution < -0.4 is 16.2 Å². The zero-order valence-corrected chi connectivity index (χ0v) is 14.0. The van der Waals surface area contributed by atoms with Gasteiger partial charge in [0, 0.05) is 6.54 Å². The van der Waals surface area contributed by atoms with Gasteiger partial charge in [-0.3, -0.25) is 14.3 Å². The number of hydrogen-bond acceptors (Lipinski definition) is 8. The molecule has 12 nitrogen and oxygen atoms in total. The summed E-state index contributed by atoms with van der Waals surface area (Å²) in [5.74, 6) is -0.0102. The van der Waals surface area contributed by atoms with Crippen molar-refractivity contribution < 1.29 is 28.5 Å². The largest absolute Gasteiger partial charge is 0.603 e. The third-order valence-electron chi connectivity index (χ3n) is 2.69. The zero-order chi connectivity index (χ0) is 17.7. The highest BCUT2D eigenvalue weighted by Gasteiger charge is 2.15. The van der Waals surface area contributed by atoms with Gasteiger partial charge in [0.15, 0.2) is 18.0 Å². The maximum absolute atomic E-state index is 11.6. The van der Waals surface area contributed by atoms with Gasteiger partial charge in [0.2, 0.25) is 19.5 Å². The number of aromatic amines is 1. The number of nitrogen functional groups attached to an aromatic ring is 1. The molecule has 14 heteroatoms. The number of H-pyrrole nitrogens is 1. The number of ether oxygens (including phenoxy) is 1. The number of imidazole rings is 1. The minimum atomic E-state index is -4.49. The van der Waals surface area contributed by atoms with Crippen LogP contribution in [0.2, 0.25) is 0 Å². The number of anilines is 1. The number of aryl methyl sites for hydroxylation is 1. The van der Waals surface area contributed by atoms with Gasteiger partial charge in [0.05, 0.1) is 12.9 Å². The topological polar surface area (TPSA) is 189 Å². The molecule has 2 aromatic rings. The van der Waals surface area contributed by atoms with Crippen LogP contribution in [0.3, 0.4) is 0 Å². The first-order valence-corrected chi connectivity index (χ1v) is 9.48. The fourth-order valence-corrected chi connectivity index (χ4v) is 3.20. The van der Waals surface area contributed by atoms with E-state index in [4.69, 9.17) is 20.3 Å². The quantitative estimate of drug-likeness (QED) is 0.243. The molecule has 0 radical (unpaired) electrons. The van der Waals surface area contributed by atoms with Crippen molar-refractivity contribution in [3.8, 4) is 0 Å². The van der Waals surface area contributed by atoms with Crippen LogP contribution in [-0.2, 0) is 20.4 Å². The minimum Gasteiger partial charge on any atom is -0.603 e. The molecule has 0 aromatic carbocycles. The highest BCUT2D eigenvalue weighted by atomic mass is 31.2. The first-order valence-electron chi connectivity index (χ1n) is 6.55. The summed E-state index contributed by atoms with van der Waals surface area (Å²) in [6, 6.07) is 0. The van der Waals surface area contributed by atoms with E-state index >= 15 is 0 Å². The van der Waals surface area contributed by atoms with Crippen LogP contribution in [0.5, 0.6) is 0 Å². The van der Waals surface area contributed by atoms with Gasteiger partial charge < -0.3 is 29.7 Å². The van der Waals surface area contributed by atoms with E-state index < -0.39 is 21.2 Å². The number of rotatable bonds is 8. The van der Waals surface area contributed by atoms with Crippen molar-refractivity contribution in [3.63, 3.8) is 0 Å². The summed E-state index contributed by atoms with van der Waals surface area (Å²) in [6.45, 7) is 0.284. The van der Waals surface area contributed by atoms with Crippen molar-refractivity contribution in [1.29, 1.82) is 0 Å². The Morgan fingerprint density at radius 2 is 2.29 bits per heavy atom. The summed E-state index contributed by atoms with van der Waals surface area (Å²) in [5, 5.41) is 0. The van der Waals surface area contributed by atoms with Gasteiger partial charge in [-0.2, -0.15) is 9.51 Å². The number of nitrogens with two attached hydrogens (primary N) is 1. The lowest BCUT2D eigenvalue weighted by molar-refractivity contribution is -0.179. The molecule has 0 spiro atoms. The average Bonchev–Trinajstić information content (AvgIpc) is 2.84. The molecular weight excluding hydrogens is 364 g/mol. The number of hydrogen-bond donors (Lipinski definition) is 4. The molecule has 0 bridgehead atoms. The third kappa shape index (κ3) is 5.46. The first-order chi connectivity index (χ1) is 11.3. The van der Waals surface area contributed by atoms with E-state index in [1.54, 1.807) is 4.57 Å². The Morgan fingerprint density at radius 1 is 1.54 bits per heavy atom. The molecule has 0 saturated heterocycles. The molecule has 1 atom stereocenters. The SMILES string of the molecule is Nc1nc2c(ncn2CCCOCO[P+]([O-])=CP(=O)(O)O)c(=O)[nH]1. The summed E-state index contributed by atoms with van der Waals surface area (Å²) in [5.41, 5.74) is 5.91. The number of nitrogens with zero attached hydrogens (tertiary/aromatic N) is 3. The van der Waals surface area contributed by atoms with E-state index in [0.29, 0.717) is 24.2 Å². The van der Waals surface area contributed by atoms with Gasteiger partial charge in [0.25, 0.3) is 5.56 Å². The predicted molar refractivity (Wildman–Crippen MR) is 84.1 cm³/mol. The van der Waals surface area contributed by atoms with E-state index in [9.17, 15) is 14.3 Å². The van der Waals surface area contributed by atoms with Crippen LogP contribution in [0.1, 0.15) is 6.42 Å². The van der Waals surface area contributed by atoms with E-state index in [1.807, 2.05) is 0 Å². The Labute approximate surface area is 136 Å². The van der Waals surface area contributed by atoms with Crippen molar-refractivity contribution in [2.45, 2.75) is 13.0 Å². The van der Waals surface area contributed by atoms with E-state index in [0.717, 1.165) is 0 Å². The normalized spacial score (nSPS) is 12.9. The molecule has 5 N–H and O–H groups in total. The molecule has 132 valence electrons. The van der Waals surface area contributed by atoms with Crippen molar-refractivity contribution in [2.75, 3.05) is 19.1 Å². The molecule has 0 amide bonds. The second-order valence-corrected chi connectivity index (χ2v) is 7.49. The Balaban J connectivity index is 1.79. The summed E-state index contributed by atoms with van der Waals surface area (Å²) in [7, 11) is -7.09. The van der Waals surface area contributed by atoms with Crippen molar-refractivity contribution in [2.24, 2.45) is 0 Å². The van der Waals surface area contributed by atoms with Crippen LogP contribution in [0.15, 0.2) is 11.1 Å². The molecule has 2 aromatic heterocycles. The van der Waals surface area contributed by atoms with E-state index in [1.165, 1.54) is 6.33 Å². The molecule has 1 unspecified atom stereocenters. The van der Waals surface area contributed by atoms with Crippen LogP contribution >= 0.6 is 15.6 Å². The Morgan fingerprint density at radius 3 is 3.00 bits per heavy atom. The van der Waals surface area contributed by atoms with E-state index in [-0.39, 0.29) is 24.9 Å². The molecular formula is C10H15N5O7P2. The smallest absolute Gasteiger partial charge is 0.393 e. The van der Waals surface area contributed by atoms with Gasteiger partial charge >= 0.3 is 7.60 Å². The number of fused-ring (bicyclic) bond motifs is 1. The monoisotopic (exact) mass is 379 g/mol. The molecule has 0 aliphatic rings. The van der Waals surface area contributed by atoms with Crippen LogP contribution in [0.25, 0.3) is 11.2 Å². The summed E-state index contributed by atoms with van der Waals surface area (Å²) >= 11 is 0. The van der Waals surface area contributed by atoms with Gasteiger partial charge in [-0.25, -0.2) is 4.98 Å². The fourth-order valence-electron chi connectivity index (χ4n) is 1.78. The highest BCUT2D eigenvalue weighted by molar-refractivity contribution is 7.79. The van der Waals surface area contributed by atoms with Gasteiger partial charge in [0.1, 0.15) is 0 Å². The summed E-state index contributed by atoms with van der Waals surface area (Å²) in [4.78, 5) is 50.2. The van der Waals surface area contributed by atoms with Gasteiger partial charge in [-0.15, -0.1) is 0 Å². The van der Waals surface area contributed by atoms with Crippen LogP contribution in [0, 0.1) is 0 Å². The van der Waals surface area contributed by atoms with Gasteiger partial charge in [-0.05, 0) is 6.42 Å². The first kappa shape index (κ1) is 18.7. The lowest BCUT2D eigenvalue weighted by atomic mass is 10.4. The second-order valence-electron chi connectivity index (χ2n) is 4.56. The minimum absolute atomic E-state index is 0.0102. The van der Waals surface area contributed by atoms with Crippen LogP contribution in [-0.4, -0.2) is 48.2 Å². The molecule has 2 heterocycles. The molecule has 2 rings (SSSR count). The molecule has 0 aliphatic carbocycles. The Bertz CT molecular complexity index is 842. The number of nitrogens with one attached hydrogen (secondary N) is 1. The maximum Gasteiger partial charge on any atom is 0.393 e. The molecule has 0 saturated carbocycles. The van der Waals surface area contributed by atoms with Crippen molar-refractivity contribution in [1.82, 2.24) is 19.5 Å². The lowest BCUT2D eigenvalue weighted by Gasteiger charge is -2.05. The third-order valence-corrected chi connectivity index (χ3v) is 5.01. The predicted octanol–water partition coefficient (Wildman–Crippen LogP) is -1.31. The van der Waals surface area contributed by atoms with Crippen molar-refractivity contribution >= 4 is 38.2 Å². The molecule has 24 heavy (non-hydrogen) atoms. The highest BCUT2D eigenvalue weighted by Crippen LogP contribution is 2.35. The second kappa shape index (κ2) is 7.95. The van der Waals surface area contributed by atoms with Crippen LogP contribution in [0.4, 0.5) is 5.95 Å². The summed E-state index contributed by atoms with van der Waals surface area (Å²) < 4.78 is 21.8. The Hall–Kier alpha value is -1.65. The fraction of sp³-hybridized carbons (Fsp3) is 0.400. The maximum atomic E-state index is 11.6. The average molecular weight is 379 g/mol. The Kier molecular flexibility index (Phi) is 6.19. The zero-order valence-electron chi connectivity index (χ0n) is 12.2. The standard InChI is InChI=1S/C10H15N5O7P2/c11-10-13-8-7(9(16)14-10)12-4-15(8)2-1-3-21-5-22-23(17)6-24(18,19)20/h4,6H,1-3,5H2,(H2,18,19,20)(H3,11,13,14,16). The van der Waals surface area contributed by atoms with Gasteiger partial charge in [-0.1, -0.05) is 0 Å². The number of aromatic nitrogens is 4. The molecule has 0 fully saturated rings. The van der Waals surface area contributed by atoms with Crippen molar-refractivity contribution in [3.05, 3.63) is 16.7 Å². The lowest BCUT2D eigenvalue weighted by Crippen LogP contribution is -2.12. The molecule has 0 aliphatic heterocycles. The summed E-state index contributed by atoms with van der Waals surface area (Å²) in [6.07, 6.45) is 1.96. The van der Waals surface area contributed by atoms with E-state index in [2.05, 4.69) is 19.5 Å².